The van der Waals surface area contributed by atoms with Crippen molar-refractivity contribution in [1.29, 1.82) is 0 Å². The van der Waals surface area contributed by atoms with Crippen molar-refractivity contribution < 1.29 is 22.3 Å². The molecule has 2 heterocycles. The van der Waals surface area contributed by atoms with Gasteiger partial charge in [-0.05, 0) is 53.8 Å². The van der Waals surface area contributed by atoms with Crippen LogP contribution in [0.3, 0.4) is 0 Å². The van der Waals surface area contributed by atoms with Gasteiger partial charge in [0.15, 0.2) is 0 Å². The van der Waals surface area contributed by atoms with Crippen molar-refractivity contribution in [3.63, 3.8) is 0 Å². The van der Waals surface area contributed by atoms with Gasteiger partial charge in [-0.1, -0.05) is 24.3 Å². The zero-order valence-electron chi connectivity index (χ0n) is 16.0. The Bertz CT molecular complexity index is 967. The third-order valence-electron chi connectivity index (χ3n) is 5.31. The van der Waals surface area contributed by atoms with Crippen molar-refractivity contribution in [3.8, 4) is 5.75 Å². The number of rotatable bonds is 5. The van der Waals surface area contributed by atoms with Gasteiger partial charge in [0.1, 0.15) is 11.6 Å². The largest absolute Gasteiger partial charge is 0.573 e. The molecule has 2 aromatic carbocycles. The van der Waals surface area contributed by atoms with Gasteiger partial charge in [-0.2, -0.15) is 5.10 Å². The predicted octanol–water partition coefficient (Wildman–Crippen LogP) is 4.90. The van der Waals surface area contributed by atoms with E-state index in [2.05, 4.69) is 20.3 Å². The Morgan fingerprint density at radius 1 is 0.967 bits per heavy atom. The van der Waals surface area contributed by atoms with Crippen molar-refractivity contribution in [2.24, 2.45) is 0 Å². The number of halogens is 4. The quantitative estimate of drug-likeness (QED) is 0.579. The fourth-order valence-electron chi connectivity index (χ4n) is 3.86. The van der Waals surface area contributed by atoms with E-state index in [1.54, 1.807) is 24.3 Å². The molecule has 0 radical (unpaired) electrons. The molecule has 1 aliphatic heterocycles. The zero-order valence-corrected chi connectivity index (χ0v) is 16.0. The minimum Gasteiger partial charge on any atom is -0.406 e. The first-order chi connectivity index (χ1) is 14.4. The van der Waals surface area contributed by atoms with Gasteiger partial charge < -0.3 is 10.1 Å². The smallest absolute Gasteiger partial charge is 0.406 e. The highest BCUT2D eigenvalue weighted by Gasteiger charge is 2.31. The molecular weight excluding hydrogens is 398 g/mol. The van der Waals surface area contributed by atoms with Crippen LogP contribution < -0.4 is 10.1 Å². The molecule has 30 heavy (non-hydrogen) atoms. The summed E-state index contributed by atoms with van der Waals surface area (Å²) in [5.74, 6) is -0.125. The van der Waals surface area contributed by atoms with E-state index in [9.17, 15) is 17.6 Å². The fourth-order valence-corrected chi connectivity index (χ4v) is 3.86. The third kappa shape index (κ3) is 5.18. The summed E-state index contributed by atoms with van der Waals surface area (Å²) in [7, 11) is 0. The lowest BCUT2D eigenvalue weighted by atomic mass is 9.84. The Balaban J connectivity index is 1.40. The van der Waals surface area contributed by atoms with Crippen LogP contribution in [-0.2, 0) is 6.42 Å². The zero-order chi connectivity index (χ0) is 21.1. The van der Waals surface area contributed by atoms with E-state index in [0.29, 0.717) is 6.42 Å². The van der Waals surface area contributed by atoms with E-state index in [-0.39, 0.29) is 23.4 Å². The lowest BCUT2D eigenvalue weighted by Gasteiger charge is -2.29. The lowest BCUT2D eigenvalue weighted by molar-refractivity contribution is -0.274. The van der Waals surface area contributed by atoms with Crippen LogP contribution in [0.15, 0.2) is 54.6 Å². The SMILES string of the molecule is Fc1ccc(Cc2cc(C3CNCC(c4ccc(OC(F)(F)F)cc4)C3)n[nH]2)cc1. The second kappa shape index (κ2) is 8.47. The van der Waals surface area contributed by atoms with Gasteiger partial charge in [0.05, 0.1) is 5.69 Å². The minimum absolute atomic E-state index is 0.168. The van der Waals surface area contributed by atoms with Crippen LogP contribution in [0.2, 0.25) is 0 Å². The molecule has 0 aliphatic carbocycles. The molecular formula is C22H21F4N3O. The second-order valence-corrected chi connectivity index (χ2v) is 7.53. The third-order valence-corrected chi connectivity index (χ3v) is 5.31. The molecule has 3 aromatic rings. The Labute approximate surface area is 171 Å². The van der Waals surface area contributed by atoms with Gasteiger partial charge in [-0.25, -0.2) is 4.39 Å². The summed E-state index contributed by atoms with van der Waals surface area (Å²) in [6.45, 7) is 1.54. The molecule has 4 rings (SSSR count). The molecule has 1 saturated heterocycles. The normalized spacial score (nSPS) is 19.6. The van der Waals surface area contributed by atoms with Gasteiger partial charge in [-0.3, -0.25) is 5.10 Å². The maximum Gasteiger partial charge on any atom is 0.573 e. The number of hydrogen-bond acceptors (Lipinski definition) is 3. The van der Waals surface area contributed by atoms with Crippen LogP contribution in [0.1, 0.15) is 40.8 Å². The van der Waals surface area contributed by atoms with Crippen LogP contribution in [0.4, 0.5) is 17.6 Å². The van der Waals surface area contributed by atoms with E-state index in [4.69, 9.17) is 0 Å². The number of alkyl halides is 3. The summed E-state index contributed by atoms with van der Waals surface area (Å²) in [5, 5.41) is 10.9. The van der Waals surface area contributed by atoms with E-state index in [1.165, 1.54) is 24.3 Å². The van der Waals surface area contributed by atoms with Crippen LogP contribution >= 0.6 is 0 Å². The molecule has 0 spiro atoms. The number of hydrogen-bond donors (Lipinski definition) is 2. The summed E-state index contributed by atoms with van der Waals surface area (Å²) in [6, 6.07) is 14.5. The Morgan fingerprint density at radius 2 is 1.67 bits per heavy atom. The number of piperidine rings is 1. The summed E-state index contributed by atoms with van der Waals surface area (Å²) in [4.78, 5) is 0. The monoisotopic (exact) mass is 419 g/mol. The molecule has 0 bridgehead atoms. The Morgan fingerprint density at radius 3 is 2.37 bits per heavy atom. The molecule has 1 fully saturated rings. The van der Waals surface area contributed by atoms with Crippen molar-refractivity contribution in [1.82, 2.24) is 15.5 Å². The second-order valence-electron chi connectivity index (χ2n) is 7.53. The molecule has 1 aliphatic rings. The van der Waals surface area contributed by atoms with Crippen molar-refractivity contribution in [2.75, 3.05) is 13.1 Å². The van der Waals surface area contributed by atoms with Gasteiger partial charge >= 0.3 is 6.36 Å². The van der Waals surface area contributed by atoms with E-state index in [0.717, 1.165) is 42.0 Å². The average Bonchev–Trinajstić information content (AvgIpc) is 3.18. The maximum absolute atomic E-state index is 13.1. The Kier molecular flexibility index (Phi) is 5.76. The molecule has 0 saturated carbocycles. The first-order valence-electron chi connectivity index (χ1n) is 9.71. The molecule has 4 nitrogen and oxygen atoms in total. The predicted molar refractivity (Wildman–Crippen MR) is 104 cm³/mol. The van der Waals surface area contributed by atoms with E-state index >= 15 is 0 Å². The number of aromatic nitrogens is 2. The first kappa shape index (κ1) is 20.4. The number of H-pyrrole nitrogens is 1. The minimum atomic E-state index is -4.69. The molecule has 2 unspecified atom stereocenters. The van der Waals surface area contributed by atoms with Crippen LogP contribution in [-0.4, -0.2) is 29.6 Å². The van der Waals surface area contributed by atoms with Crippen molar-refractivity contribution in [2.45, 2.75) is 31.0 Å². The molecule has 2 N–H and O–H groups in total. The van der Waals surface area contributed by atoms with E-state index < -0.39 is 6.36 Å². The summed E-state index contributed by atoms with van der Waals surface area (Å²) in [6.07, 6.45) is -3.21. The van der Waals surface area contributed by atoms with Crippen LogP contribution in [0, 0.1) is 5.82 Å². The van der Waals surface area contributed by atoms with Crippen LogP contribution in [0.25, 0.3) is 0 Å². The topological polar surface area (TPSA) is 49.9 Å². The lowest BCUT2D eigenvalue weighted by Crippen LogP contribution is -2.34. The number of aromatic amines is 1. The van der Waals surface area contributed by atoms with Gasteiger partial charge in [0.2, 0.25) is 0 Å². The van der Waals surface area contributed by atoms with Gasteiger partial charge in [0, 0.05) is 31.1 Å². The summed E-state index contributed by atoms with van der Waals surface area (Å²) >= 11 is 0. The average molecular weight is 419 g/mol. The molecule has 1 aromatic heterocycles. The van der Waals surface area contributed by atoms with Crippen LogP contribution in [0.5, 0.6) is 5.75 Å². The van der Waals surface area contributed by atoms with Crippen molar-refractivity contribution >= 4 is 0 Å². The first-order valence-corrected chi connectivity index (χ1v) is 9.71. The summed E-state index contributed by atoms with van der Waals surface area (Å²) < 4.78 is 54.0. The highest BCUT2D eigenvalue weighted by atomic mass is 19.4. The highest BCUT2D eigenvalue weighted by Crippen LogP contribution is 2.33. The number of nitrogens with one attached hydrogen (secondary N) is 2. The van der Waals surface area contributed by atoms with Gasteiger partial charge in [0.25, 0.3) is 0 Å². The molecule has 8 heteroatoms. The molecule has 158 valence electrons. The highest BCUT2D eigenvalue weighted by molar-refractivity contribution is 5.31. The maximum atomic E-state index is 13.1. The standard InChI is InChI=1S/C22H21F4N3O/c23-18-5-1-14(2-6-18)9-19-11-21(29-28-19)17-10-16(12-27-13-17)15-3-7-20(8-4-15)30-22(24,25)26/h1-8,11,16-17,27H,9-10,12-13H2,(H,28,29). The number of ether oxygens (including phenoxy) is 1. The molecule has 0 amide bonds. The number of benzene rings is 2. The molecule has 2 atom stereocenters. The van der Waals surface area contributed by atoms with Crippen molar-refractivity contribution in [3.05, 3.63) is 82.9 Å². The van der Waals surface area contributed by atoms with Gasteiger partial charge in [-0.15, -0.1) is 13.2 Å². The van der Waals surface area contributed by atoms with E-state index in [1.807, 2.05) is 6.07 Å². The summed E-state index contributed by atoms with van der Waals surface area (Å²) in [5.41, 5.74) is 3.85. The Hall–Kier alpha value is -2.87. The number of nitrogens with zero attached hydrogens (tertiary/aromatic N) is 1. The fraction of sp³-hybridized carbons (Fsp3) is 0.318.